The van der Waals surface area contributed by atoms with Gasteiger partial charge in [0.15, 0.2) is 0 Å². The summed E-state index contributed by atoms with van der Waals surface area (Å²) in [7, 11) is 0. The minimum Gasteiger partial charge on any atom is -0.312 e. The third-order valence-corrected chi connectivity index (χ3v) is 5.91. The second kappa shape index (κ2) is 8.38. The number of anilines is 1. The van der Waals surface area contributed by atoms with Crippen molar-refractivity contribution in [1.82, 2.24) is 9.38 Å². The topological polar surface area (TPSA) is 37.6 Å². The number of pyridine rings is 1. The first-order valence-corrected chi connectivity index (χ1v) is 10.8. The standard InChI is InChI=1S/C27H29N3O/c1-6-29(23-9-7-8-18(2)14-23)26(31)17-24-27(22-11-10-20(4)21(5)16-22)28-25-15-19(3)12-13-30(24)25/h7-16H,6,17H2,1-5H3. The second-order valence-electron chi connectivity index (χ2n) is 8.29. The van der Waals surface area contributed by atoms with Gasteiger partial charge in [-0.1, -0.05) is 24.3 Å². The molecule has 4 rings (SSSR count). The molecule has 0 saturated carbocycles. The molecule has 2 aromatic heterocycles. The van der Waals surface area contributed by atoms with Crippen molar-refractivity contribution < 1.29 is 4.79 Å². The first-order valence-electron chi connectivity index (χ1n) is 10.8. The quantitative estimate of drug-likeness (QED) is 0.414. The van der Waals surface area contributed by atoms with E-state index in [0.29, 0.717) is 6.54 Å². The molecule has 0 aliphatic rings. The number of rotatable bonds is 5. The van der Waals surface area contributed by atoms with E-state index in [1.165, 1.54) is 11.1 Å². The van der Waals surface area contributed by atoms with Crippen LogP contribution in [0.3, 0.4) is 0 Å². The Bertz CT molecular complexity index is 1270. The van der Waals surface area contributed by atoms with Crippen molar-refractivity contribution in [3.8, 4) is 11.3 Å². The van der Waals surface area contributed by atoms with Gasteiger partial charge in [0, 0.05) is 24.0 Å². The SMILES string of the molecule is CCN(C(=O)Cc1c(-c2ccc(C)c(C)c2)nc2cc(C)ccn12)c1cccc(C)c1. The van der Waals surface area contributed by atoms with Crippen LogP contribution in [0.15, 0.2) is 60.8 Å². The molecule has 0 N–H and O–H groups in total. The van der Waals surface area contributed by atoms with Gasteiger partial charge in [-0.15, -0.1) is 0 Å². The third-order valence-electron chi connectivity index (χ3n) is 5.91. The molecule has 31 heavy (non-hydrogen) atoms. The van der Waals surface area contributed by atoms with Crippen molar-refractivity contribution in [2.24, 2.45) is 0 Å². The van der Waals surface area contributed by atoms with E-state index >= 15 is 0 Å². The van der Waals surface area contributed by atoms with Gasteiger partial charge in [-0.25, -0.2) is 4.98 Å². The van der Waals surface area contributed by atoms with Crippen LogP contribution in [0.5, 0.6) is 0 Å². The third kappa shape index (κ3) is 4.11. The van der Waals surface area contributed by atoms with Crippen molar-refractivity contribution in [3.05, 3.63) is 88.7 Å². The lowest BCUT2D eigenvalue weighted by molar-refractivity contribution is -0.118. The van der Waals surface area contributed by atoms with E-state index in [0.717, 1.165) is 39.4 Å². The zero-order chi connectivity index (χ0) is 22.1. The lowest BCUT2D eigenvalue weighted by Gasteiger charge is -2.22. The van der Waals surface area contributed by atoms with Crippen LogP contribution in [0.2, 0.25) is 0 Å². The Kier molecular flexibility index (Phi) is 5.64. The number of imidazole rings is 1. The summed E-state index contributed by atoms with van der Waals surface area (Å²) in [5.41, 5.74) is 9.42. The number of carbonyl (C=O) groups is 1. The Labute approximate surface area is 184 Å². The summed E-state index contributed by atoms with van der Waals surface area (Å²) in [6, 6.07) is 18.6. The van der Waals surface area contributed by atoms with E-state index in [-0.39, 0.29) is 12.3 Å². The Morgan fingerprint density at radius 2 is 1.71 bits per heavy atom. The first kappa shape index (κ1) is 20.9. The van der Waals surface area contributed by atoms with E-state index in [1.807, 2.05) is 43.1 Å². The Hall–Kier alpha value is -3.40. The first-order chi connectivity index (χ1) is 14.9. The highest BCUT2D eigenvalue weighted by molar-refractivity contribution is 5.95. The zero-order valence-electron chi connectivity index (χ0n) is 18.9. The molecule has 0 atom stereocenters. The van der Waals surface area contributed by atoms with Crippen LogP contribution in [-0.2, 0) is 11.2 Å². The van der Waals surface area contributed by atoms with Crippen LogP contribution in [-0.4, -0.2) is 21.8 Å². The lowest BCUT2D eigenvalue weighted by Crippen LogP contribution is -2.32. The Balaban J connectivity index is 1.80. The molecule has 0 saturated heterocycles. The van der Waals surface area contributed by atoms with Gasteiger partial charge in [-0.05, 0) is 87.2 Å². The monoisotopic (exact) mass is 411 g/mol. The van der Waals surface area contributed by atoms with Crippen LogP contribution in [0, 0.1) is 27.7 Å². The molecule has 0 aliphatic carbocycles. The molecule has 1 amide bonds. The fourth-order valence-electron chi connectivity index (χ4n) is 4.02. The van der Waals surface area contributed by atoms with E-state index in [2.05, 4.69) is 61.6 Å². The van der Waals surface area contributed by atoms with Crippen LogP contribution >= 0.6 is 0 Å². The van der Waals surface area contributed by atoms with Crippen molar-refractivity contribution in [3.63, 3.8) is 0 Å². The van der Waals surface area contributed by atoms with Crippen molar-refractivity contribution in [2.45, 2.75) is 41.0 Å². The van der Waals surface area contributed by atoms with Crippen molar-refractivity contribution in [2.75, 3.05) is 11.4 Å². The van der Waals surface area contributed by atoms with E-state index in [1.54, 1.807) is 0 Å². The zero-order valence-corrected chi connectivity index (χ0v) is 18.9. The van der Waals surface area contributed by atoms with Gasteiger partial charge in [0.2, 0.25) is 5.91 Å². The molecule has 2 heterocycles. The van der Waals surface area contributed by atoms with E-state index < -0.39 is 0 Å². The number of fused-ring (bicyclic) bond motifs is 1. The number of benzene rings is 2. The minimum absolute atomic E-state index is 0.0700. The summed E-state index contributed by atoms with van der Waals surface area (Å²) >= 11 is 0. The van der Waals surface area contributed by atoms with Crippen molar-refractivity contribution in [1.29, 1.82) is 0 Å². The predicted octanol–water partition coefficient (Wildman–Crippen LogP) is 5.83. The summed E-state index contributed by atoms with van der Waals surface area (Å²) < 4.78 is 2.06. The van der Waals surface area contributed by atoms with Gasteiger partial charge in [0.25, 0.3) is 0 Å². The fourth-order valence-corrected chi connectivity index (χ4v) is 4.02. The number of nitrogens with zero attached hydrogens (tertiary/aromatic N) is 3. The second-order valence-corrected chi connectivity index (χ2v) is 8.29. The highest BCUT2D eigenvalue weighted by Gasteiger charge is 2.21. The molecule has 0 radical (unpaired) electrons. The molecule has 0 aliphatic heterocycles. The summed E-state index contributed by atoms with van der Waals surface area (Å²) in [5.74, 6) is 0.0700. The number of hydrogen-bond acceptors (Lipinski definition) is 2. The summed E-state index contributed by atoms with van der Waals surface area (Å²) in [5, 5.41) is 0. The summed E-state index contributed by atoms with van der Waals surface area (Å²) in [6.45, 7) is 11.0. The van der Waals surface area contributed by atoms with Gasteiger partial charge >= 0.3 is 0 Å². The average Bonchev–Trinajstić information content (AvgIpc) is 3.08. The molecular weight excluding hydrogens is 382 g/mol. The molecule has 0 unspecified atom stereocenters. The number of aromatic nitrogens is 2. The number of hydrogen-bond donors (Lipinski definition) is 0. The number of carbonyl (C=O) groups excluding carboxylic acids is 1. The summed E-state index contributed by atoms with van der Waals surface area (Å²) in [4.78, 5) is 20.2. The molecular formula is C27H29N3O. The minimum atomic E-state index is 0.0700. The van der Waals surface area contributed by atoms with E-state index in [4.69, 9.17) is 4.98 Å². The maximum absolute atomic E-state index is 13.5. The molecule has 4 aromatic rings. The van der Waals surface area contributed by atoms with Crippen LogP contribution in [0.1, 0.15) is 34.9 Å². The molecule has 0 bridgehead atoms. The maximum Gasteiger partial charge on any atom is 0.233 e. The fraction of sp³-hybridized carbons (Fsp3) is 0.259. The normalized spacial score (nSPS) is 11.1. The maximum atomic E-state index is 13.5. The van der Waals surface area contributed by atoms with Crippen LogP contribution in [0.25, 0.3) is 16.9 Å². The average molecular weight is 412 g/mol. The largest absolute Gasteiger partial charge is 0.312 e. The Morgan fingerprint density at radius 3 is 2.42 bits per heavy atom. The smallest absolute Gasteiger partial charge is 0.233 e. The summed E-state index contributed by atoms with van der Waals surface area (Å²) in [6.07, 6.45) is 2.31. The van der Waals surface area contributed by atoms with Gasteiger partial charge < -0.3 is 9.30 Å². The molecule has 4 nitrogen and oxygen atoms in total. The van der Waals surface area contributed by atoms with E-state index in [9.17, 15) is 4.79 Å². The number of likely N-dealkylation sites (N-methyl/N-ethyl adjacent to an activating group) is 1. The van der Waals surface area contributed by atoms with Crippen LogP contribution in [0.4, 0.5) is 5.69 Å². The van der Waals surface area contributed by atoms with Gasteiger partial charge in [-0.2, -0.15) is 0 Å². The number of aryl methyl sites for hydroxylation is 4. The number of amides is 1. The molecule has 0 spiro atoms. The van der Waals surface area contributed by atoms with Gasteiger partial charge in [-0.3, -0.25) is 4.79 Å². The molecule has 0 fully saturated rings. The van der Waals surface area contributed by atoms with Crippen LogP contribution < -0.4 is 4.90 Å². The molecule has 158 valence electrons. The Morgan fingerprint density at radius 1 is 0.935 bits per heavy atom. The van der Waals surface area contributed by atoms with Gasteiger partial charge in [0.05, 0.1) is 17.8 Å². The van der Waals surface area contributed by atoms with Crippen molar-refractivity contribution >= 4 is 17.2 Å². The van der Waals surface area contributed by atoms with Gasteiger partial charge in [0.1, 0.15) is 5.65 Å². The lowest BCUT2D eigenvalue weighted by atomic mass is 10.0. The highest BCUT2D eigenvalue weighted by Crippen LogP contribution is 2.28. The highest BCUT2D eigenvalue weighted by atomic mass is 16.2. The predicted molar refractivity (Wildman–Crippen MR) is 128 cm³/mol. The molecule has 2 aromatic carbocycles. The molecule has 4 heteroatoms.